The summed E-state index contributed by atoms with van der Waals surface area (Å²) >= 11 is 0. The maximum absolute atomic E-state index is 7.33. The first-order valence-corrected chi connectivity index (χ1v) is 17.9. The Balaban J connectivity index is 1.30. The first-order valence-electron chi connectivity index (χ1n) is 15.7. The fraction of sp³-hybridized carbons (Fsp3) is 0.636. The Morgan fingerprint density at radius 1 is 0.854 bits per heavy atom. The molecular formula is C33H51N5O2Si. The molecule has 2 atom stereocenters. The number of fused-ring (bicyclic) bond motifs is 2. The zero-order valence-corrected chi connectivity index (χ0v) is 27.4. The lowest BCUT2D eigenvalue weighted by atomic mass is 9.83. The van der Waals surface area contributed by atoms with Gasteiger partial charge in [-0.05, 0) is 85.3 Å². The number of anilines is 1. The van der Waals surface area contributed by atoms with Crippen molar-refractivity contribution in [3.8, 4) is 5.75 Å². The van der Waals surface area contributed by atoms with Crippen LogP contribution in [0.5, 0.6) is 5.75 Å². The lowest BCUT2D eigenvalue weighted by Crippen LogP contribution is -2.56. The number of ether oxygens (including phenoxy) is 1. The van der Waals surface area contributed by atoms with Crippen LogP contribution >= 0.6 is 0 Å². The molecule has 0 saturated carbocycles. The van der Waals surface area contributed by atoms with Crippen molar-refractivity contribution in [2.45, 2.75) is 115 Å². The molecule has 1 saturated heterocycles. The summed E-state index contributed by atoms with van der Waals surface area (Å²) in [6.07, 6.45) is 6.04. The second kappa shape index (κ2) is 11.7. The van der Waals surface area contributed by atoms with E-state index < -0.39 is 8.32 Å². The lowest BCUT2D eigenvalue weighted by Gasteiger charge is -2.51. The molecule has 0 spiro atoms. The minimum atomic E-state index is -1.97. The third-order valence-corrected chi connectivity index (χ3v) is 16.3. The molecule has 2 N–H and O–H groups in total. The van der Waals surface area contributed by atoms with Crippen molar-refractivity contribution in [2.75, 3.05) is 18.0 Å². The highest BCUT2D eigenvalue weighted by atomic mass is 28.4. The van der Waals surface area contributed by atoms with Crippen molar-refractivity contribution < 1.29 is 9.16 Å². The maximum atomic E-state index is 7.33. The molecule has 2 aliphatic rings. The zero-order valence-electron chi connectivity index (χ0n) is 26.4. The first-order chi connectivity index (χ1) is 19.4. The molecule has 3 aromatic rings. The fourth-order valence-electron chi connectivity index (χ4n) is 7.88. The van der Waals surface area contributed by atoms with E-state index in [9.17, 15) is 0 Å². The average molecular weight is 578 g/mol. The van der Waals surface area contributed by atoms with Crippen molar-refractivity contribution in [3.05, 3.63) is 53.7 Å². The molecule has 1 aliphatic carbocycles. The van der Waals surface area contributed by atoms with E-state index in [0.29, 0.717) is 22.5 Å². The van der Waals surface area contributed by atoms with E-state index in [2.05, 4.69) is 105 Å². The van der Waals surface area contributed by atoms with Crippen LogP contribution in [0.1, 0.15) is 104 Å². The van der Waals surface area contributed by atoms with Crippen LogP contribution in [0.3, 0.4) is 0 Å². The van der Waals surface area contributed by atoms with Gasteiger partial charge in [-0.1, -0.05) is 65.8 Å². The van der Waals surface area contributed by atoms with E-state index in [-0.39, 0.29) is 17.7 Å². The Labute approximate surface area is 247 Å². The molecule has 0 amide bonds. The summed E-state index contributed by atoms with van der Waals surface area (Å²) in [4.78, 5) is 2.38. The molecule has 8 heteroatoms. The molecule has 1 fully saturated rings. The van der Waals surface area contributed by atoms with Crippen LogP contribution in [-0.4, -0.2) is 41.6 Å². The molecule has 3 heterocycles. The number of rotatable bonds is 9. The monoisotopic (exact) mass is 577 g/mol. The second-order valence-corrected chi connectivity index (χ2v) is 19.2. The molecular weight excluding hydrogens is 526 g/mol. The van der Waals surface area contributed by atoms with Gasteiger partial charge in [0.25, 0.3) is 0 Å². The van der Waals surface area contributed by atoms with Crippen LogP contribution in [0.2, 0.25) is 16.6 Å². The van der Waals surface area contributed by atoms with Crippen molar-refractivity contribution in [1.29, 1.82) is 0 Å². The van der Waals surface area contributed by atoms with Gasteiger partial charge in [0.05, 0.1) is 11.8 Å². The van der Waals surface area contributed by atoms with Gasteiger partial charge in [0.1, 0.15) is 11.9 Å². The number of piperidine rings is 1. The summed E-state index contributed by atoms with van der Waals surface area (Å²) in [7, 11) is -1.97. The number of pyridine rings is 1. The number of benzene rings is 1. The van der Waals surface area contributed by atoms with Crippen molar-refractivity contribution in [2.24, 2.45) is 11.7 Å². The van der Waals surface area contributed by atoms with Gasteiger partial charge in [-0.15, -0.1) is 10.2 Å². The lowest BCUT2D eigenvalue weighted by molar-refractivity contribution is 0.0145. The SMILES string of the molecule is CC(C)[Si](OC(C)(C)C1CCN(c2nnc3ccc(O[C@@H]4CC[C@H](N)c5ccccc54)cn23)CC1)(C(C)C)C(C)C. The van der Waals surface area contributed by atoms with Gasteiger partial charge >= 0.3 is 0 Å². The van der Waals surface area contributed by atoms with Crippen molar-refractivity contribution in [1.82, 2.24) is 14.6 Å². The van der Waals surface area contributed by atoms with Gasteiger partial charge in [-0.3, -0.25) is 4.40 Å². The number of nitrogens with zero attached hydrogens (tertiary/aromatic N) is 4. The second-order valence-electron chi connectivity index (χ2n) is 13.8. The quantitative estimate of drug-likeness (QED) is 0.261. The highest BCUT2D eigenvalue weighted by Crippen LogP contribution is 2.47. The van der Waals surface area contributed by atoms with Crippen LogP contribution in [-0.2, 0) is 4.43 Å². The summed E-state index contributed by atoms with van der Waals surface area (Å²) < 4.78 is 16.0. The number of hydrogen-bond acceptors (Lipinski definition) is 6. The molecule has 224 valence electrons. The third kappa shape index (κ3) is 5.67. The summed E-state index contributed by atoms with van der Waals surface area (Å²) in [5.74, 6) is 2.23. The van der Waals surface area contributed by atoms with Gasteiger partial charge in [0.2, 0.25) is 14.3 Å². The number of aromatic nitrogens is 3. The fourth-order valence-corrected chi connectivity index (χ4v) is 13.7. The van der Waals surface area contributed by atoms with E-state index in [4.69, 9.17) is 14.9 Å². The largest absolute Gasteiger partial charge is 0.484 e. The van der Waals surface area contributed by atoms with Gasteiger partial charge in [0, 0.05) is 19.1 Å². The number of nitrogens with two attached hydrogens (primary N) is 1. The molecule has 1 aromatic carbocycles. The van der Waals surface area contributed by atoms with Crippen LogP contribution in [0, 0.1) is 5.92 Å². The summed E-state index contributed by atoms with van der Waals surface area (Å²) in [5.41, 5.74) is 11.2. The Hall–Kier alpha value is -2.42. The average Bonchev–Trinajstić information content (AvgIpc) is 3.36. The molecule has 5 rings (SSSR count). The minimum Gasteiger partial charge on any atom is -0.484 e. The summed E-state index contributed by atoms with van der Waals surface area (Å²) in [6.45, 7) is 20.8. The van der Waals surface area contributed by atoms with Crippen LogP contribution in [0.15, 0.2) is 42.6 Å². The molecule has 0 radical (unpaired) electrons. The molecule has 0 unspecified atom stereocenters. The molecule has 2 aromatic heterocycles. The molecule has 0 bridgehead atoms. The van der Waals surface area contributed by atoms with Gasteiger partial charge in [-0.2, -0.15) is 0 Å². The Morgan fingerprint density at radius 3 is 2.12 bits per heavy atom. The van der Waals surface area contributed by atoms with Gasteiger partial charge in [-0.25, -0.2) is 0 Å². The van der Waals surface area contributed by atoms with E-state index in [1.54, 1.807) is 0 Å². The molecule has 41 heavy (non-hydrogen) atoms. The predicted molar refractivity (Wildman–Crippen MR) is 170 cm³/mol. The highest BCUT2D eigenvalue weighted by molar-refractivity contribution is 6.77. The topological polar surface area (TPSA) is 77.9 Å². The van der Waals surface area contributed by atoms with Gasteiger partial charge in [0.15, 0.2) is 5.65 Å². The van der Waals surface area contributed by atoms with E-state index >= 15 is 0 Å². The third-order valence-electron chi connectivity index (χ3n) is 10.0. The van der Waals surface area contributed by atoms with Crippen molar-refractivity contribution >= 4 is 19.9 Å². The van der Waals surface area contributed by atoms with Crippen LogP contribution < -0.4 is 15.4 Å². The van der Waals surface area contributed by atoms with Gasteiger partial charge < -0.3 is 19.8 Å². The summed E-state index contributed by atoms with van der Waals surface area (Å²) in [6, 6.07) is 12.5. The predicted octanol–water partition coefficient (Wildman–Crippen LogP) is 7.83. The standard InChI is InChI=1S/C33H51N5O2Si/c1-22(2)41(23(3)4,24(5)6)40-33(7,8)25-17-19-37(20-18-25)32-36-35-31-16-13-26(21-38(31)32)39-30-15-14-29(34)27-11-9-10-12-28(27)30/h9-13,16,21-25,29-30H,14-15,17-20,34H2,1-8H3/t29-,30+/m0/s1. The normalized spacial score (nSPS) is 20.8. The Morgan fingerprint density at radius 2 is 1.49 bits per heavy atom. The molecule has 7 nitrogen and oxygen atoms in total. The molecule has 1 aliphatic heterocycles. The highest BCUT2D eigenvalue weighted by Gasteiger charge is 2.50. The first kappa shape index (κ1) is 30.0. The van der Waals surface area contributed by atoms with Crippen molar-refractivity contribution in [3.63, 3.8) is 0 Å². The van der Waals surface area contributed by atoms with E-state index in [0.717, 1.165) is 56.1 Å². The maximum Gasteiger partial charge on any atom is 0.231 e. The summed E-state index contributed by atoms with van der Waals surface area (Å²) in [5, 5.41) is 9.09. The Kier molecular flexibility index (Phi) is 8.57. The van der Waals surface area contributed by atoms with Crippen LogP contribution in [0.4, 0.5) is 5.95 Å². The zero-order chi connectivity index (χ0) is 29.5. The Bertz CT molecular complexity index is 1310. The minimum absolute atomic E-state index is 0.000422. The smallest absolute Gasteiger partial charge is 0.231 e. The number of hydrogen-bond donors (Lipinski definition) is 1. The van der Waals surface area contributed by atoms with E-state index in [1.165, 1.54) is 11.1 Å². The van der Waals surface area contributed by atoms with E-state index in [1.807, 2.05) is 12.1 Å². The van der Waals surface area contributed by atoms with Crippen LogP contribution in [0.25, 0.3) is 5.65 Å².